The van der Waals surface area contributed by atoms with E-state index in [1.807, 2.05) is 9.80 Å². The quantitative estimate of drug-likeness (QED) is 0.0269. The Balaban J connectivity index is 1.36. The van der Waals surface area contributed by atoms with Gasteiger partial charge in [0.2, 0.25) is 17.7 Å². The maximum absolute atomic E-state index is 13.8. The number of aromatic amines is 1. The molecule has 4 rings (SSSR count). The number of fused-ring (bicyclic) bond motifs is 1. The number of aliphatic hydroxyl groups excluding tert-OH is 8. The Morgan fingerprint density at radius 2 is 1.34 bits per heavy atom. The molecule has 1 fully saturated rings. The number of carboxylic acids is 1. The molecule has 10 atom stereocenters. The van der Waals surface area contributed by atoms with Crippen LogP contribution in [-0.2, 0) is 41.6 Å². The standard InChI is InChI=1S/C48H69N9O17/c1-25(46(71)55-38(43(69)41(67)34(63)23-58)31(60)5-4-14-56-15-17-57(18-16-56)22-37(66)49-3)19-33(62)39(44(70)42(68)35(64)24-59)54-36(65)13-11-29(48(73)74)20-32(61)28-9-6-27(7-10-28)8-12-30-21-50-45-40(53-30)47(72)52-26(2)51-45/h6-7,9-10,21,25,29,34-35,38-39,41-44,58-59,63-64,67-70H,4-5,8,11-20,22-24H2,1-3H3,(H,49,66)(H,54,65)(H,55,71)(H,73,74)(H,50,51,52,72)/t25-,29-,34-,35-,38-,39-,41-,42-,43-,44-/m1/s1. The number of amides is 3. The molecule has 0 aliphatic carbocycles. The minimum atomic E-state index is -2.31. The highest BCUT2D eigenvalue weighted by Gasteiger charge is 2.40. The second-order valence-corrected chi connectivity index (χ2v) is 18.5. The van der Waals surface area contributed by atoms with Crippen molar-refractivity contribution in [2.75, 3.05) is 59.5 Å². The van der Waals surface area contributed by atoms with E-state index in [2.05, 4.69) is 35.9 Å². The number of carbonyl (C=O) groups excluding carboxylic acids is 6. The van der Waals surface area contributed by atoms with Crippen molar-refractivity contribution < 1.29 is 79.5 Å². The summed E-state index contributed by atoms with van der Waals surface area (Å²) in [5.74, 6) is -8.55. The number of hydrogen-bond acceptors (Lipinski definition) is 21. The summed E-state index contributed by atoms with van der Waals surface area (Å²) in [4.78, 5) is 123. The highest BCUT2D eigenvalue weighted by Crippen LogP contribution is 2.20. The average molecular weight is 1040 g/mol. The largest absolute Gasteiger partial charge is 0.481 e. The van der Waals surface area contributed by atoms with Crippen LogP contribution in [0.3, 0.4) is 0 Å². The number of likely N-dealkylation sites (N-methyl/N-ethyl adjacent to an activating group) is 1. The summed E-state index contributed by atoms with van der Waals surface area (Å²) < 4.78 is 0. The lowest BCUT2D eigenvalue weighted by atomic mass is 9.90. The Labute approximate surface area is 425 Å². The lowest BCUT2D eigenvalue weighted by Crippen LogP contribution is -2.58. The average Bonchev–Trinajstić information content (AvgIpc) is 3.38. The van der Waals surface area contributed by atoms with Gasteiger partial charge in [-0.3, -0.25) is 43.3 Å². The number of aliphatic hydroxyl groups is 8. The van der Waals surface area contributed by atoms with Crippen LogP contribution in [0.2, 0.25) is 0 Å². The summed E-state index contributed by atoms with van der Waals surface area (Å²) in [6.45, 7) is 3.72. The Hall–Kier alpha value is -6.07. The Morgan fingerprint density at radius 3 is 1.92 bits per heavy atom. The molecule has 0 bridgehead atoms. The summed E-state index contributed by atoms with van der Waals surface area (Å²) in [5, 5.41) is 99.0. The molecule has 1 aliphatic heterocycles. The van der Waals surface area contributed by atoms with Crippen LogP contribution >= 0.6 is 0 Å². The number of rotatable bonds is 31. The lowest BCUT2D eigenvalue weighted by Gasteiger charge is -2.34. The number of H-pyrrole nitrogens is 1. The zero-order valence-corrected chi connectivity index (χ0v) is 41.5. The molecule has 1 aromatic carbocycles. The third-order valence-electron chi connectivity index (χ3n) is 12.8. The number of carboxylic acid groups (broad SMARTS) is 1. The predicted octanol–water partition coefficient (Wildman–Crippen LogP) is -4.71. The topological polar surface area (TPSA) is 416 Å². The Bertz CT molecular complexity index is 2450. The third-order valence-corrected chi connectivity index (χ3v) is 12.8. The van der Waals surface area contributed by atoms with Crippen molar-refractivity contribution in [3.63, 3.8) is 0 Å². The molecule has 26 nitrogen and oxygen atoms in total. The Morgan fingerprint density at radius 1 is 0.743 bits per heavy atom. The number of nitrogens with one attached hydrogen (secondary N) is 4. The number of nitrogens with zero attached hydrogens (tertiary/aromatic N) is 5. The van der Waals surface area contributed by atoms with Gasteiger partial charge in [-0.25, -0.2) is 15.0 Å². The van der Waals surface area contributed by atoms with Crippen molar-refractivity contribution in [3.8, 4) is 0 Å². The molecule has 3 amide bonds. The fraction of sp³-hybridized carbons (Fsp3) is 0.604. The minimum absolute atomic E-state index is 0.0989. The number of benzene rings is 1. The van der Waals surface area contributed by atoms with E-state index in [4.69, 9.17) is 0 Å². The van der Waals surface area contributed by atoms with E-state index in [9.17, 15) is 84.3 Å². The Kier molecular flexibility index (Phi) is 23.8. The number of piperazine rings is 1. The number of ketones is 3. The highest BCUT2D eigenvalue weighted by molar-refractivity contribution is 5.98. The molecular formula is C48H69N9O17. The smallest absolute Gasteiger partial charge is 0.306 e. The second-order valence-electron chi connectivity index (χ2n) is 18.5. The summed E-state index contributed by atoms with van der Waals surface area (Å²) in [6, 6.07) is 2.40. The molecule has 2 aromatic heterocycles. The molecule has 0 saturated carbocycles. The maximum Gasteiger partial charge on any atom is 0.306 e. The number of carbonyl (C=O) groups is 7. The molecule has 0 unspecified atom stereocenters. The van der Waals surface area contributed by atoms with Gasteiger partial charge < -0.3 is 71.8 Å². The van der Waals surface area contributed by atoms with Gasteiger partial charge in [-0.05, 0) is 44.7 Å². The monoisotopic (exact) mass is 1040 g/mol. The number of Topliss-reactive ketones (excluding diaryl/α,β-unsaturated/α-hetero) is 3. The van der Waals surface area contributed by atoms with Crippen molar-refractivity contribution in [1.29, 1.82) is 0 Å². The first-order valence-corrected chi connectivity index (χ1v) is 24.2. The van der Waals surface area contributed by atoms with Crippen molar-refractivity contribution in [2.45, 2.75) is 114 Å². The molecule has 26 heteroatoms. The molecule has 0 spiro atoms. The first kappa shape index (κ1) is 60.5. The maximum atomic E-state index is 13.8. The van der Waals surface area contributed by atoms with Gasteiger partial charge in [0.1, 0.15) is 54.5 Å². The summed E-state index contributed by atoms with van der Waals surface area (Å²) in [5.41, 5.74) is 1.40. The first-order chi connectivity index (χ1) is 35.1. The summed E-state index contributed by atoms with van der Waals surface area (Å²) in [6.07, 6.45) is -12.8. The molecule has 3 aromatic rings. The van der Waals surface area contributed by atoms with Crippen molar-refractivity contribution in [3.05, 3.63) is 63.5 Å². The number of hydrogen-bond donors (Lipinski definition) is 13. The molecule has 408 valence electrons. The van der Waals surface area contributed by atoms with Crippen molar-refractivity contribution in [2.24, 2.45) is 11.8 Å². The molecular weight excluding hydrogens is 975 g/mol. The molecule has 74 heavy (non-hydrogen) atoms. The second kappa shape index (κ2) is 29.1. The van der Waals surface area contributed by atoms with E-state index in [-0.39, 0.29) is 42.0 Å². The van der Waals surface area contributed by atoms with E-state index < -0.39 is 140 Å². The summed E-state index contributed by atoms with van der Waals surface area (Å²) in [7, 11) is 1.54. The van der Waals surface area contributed by atoms with Crippen LogP contribution in [0.5, 0.6) is 0 Å². The summed E-state index contributed by atoms with van der Waals surface area (Å²) >= 11 is 0. The lowest BCUT2D eigenvalue weighted by molar-refractivity contribution is -0.143. The van der Waals surface area contributed by atoms with Crippen LogP contribution in [0.1, 0.15) is 72.9 Å². The van der Waals surface area contributed by atoms with Crippen LogP contribution in [0.25, 0.3) is 11.2 Å². The van der Waals surface area contributed by atoms with Gasteiger partial charge in [0.25, 0.3) is 5.56 Å². The zero-order valence-electron chi connectivity index (χ0n) is 41.5. The van der Waals surface area contributed by atoms with Gasteiger partial charge in [-0.2, -0.15) is 0 Å². The number of aromatic nitrogens is 4. The van der Waals surface area contributed by atoms with Crippen molar-refractivity contribution >= 4 is 52.2 Å². The van der Waals surface area contributed by atoms with E-state index in [0.29, 0.717) is 57.1 Å². The SMILES string of the molecule is CNC(=O)CN1CCN(CCCC(=O)[C@@H](NC(=O)[C@H](C)CC(=O)[C@@H](NC(=O)CC[C@H](CC(=O)c2ccc(CCc3cnc4nc(C)[nH]c(=O)c4n3)cc2)C(=O)O)[C@@H](O)[C@H](O)[C@H](O)CO)[C@@H](O)[C@H](O)[C@H](O)CO)CC1. The van der Waals surface area contributed by atoms with Gasteiger partial charge in [0, 0.05) is 70.4 Å². The van der Waals surface area contributed by atoms with Gasteiger partial charge in [-0.1, -0.05) is 31.2 Å². The van der Waals surface area contributed by atoms with Gasteiger partial charge in [0.15, 0.2) is 28.5 Å². The van der Waals surface area contributed by atoms with Gasteiger partial charge in [-0.15, -0.1) is 0 Å². The van der Waals surface area contributed by atoms with E-state index in [1.165, 1.54) is 32.3 Å². The van der Waals surface area contributed by atoms with Crippen LogP contribution in [0.4, 0.5) is 0 Å². The van der Waals surface area contributed by atoms with E-state index in [0.717, 1.165) is 5.56 Å². The number of aliphatic carboxylic acids is 1. The van der Waals surface area contributed by atoms with Crippen LogP contribution in [0.15, 0.2) is 35.3 Å². The third kappa shape index (κ3) is 17.8. The molecule has 3 heterocycles. The van der Waals surface area contributed by atoms with E-state index in [1.54, 1.807) is 19.1 Å². The van der Waals surface area contributed by atoms with Crippen molar-refractivity contribution in [1.82, 2.24) is 45.7 Å². The predicted molar refractivity (Wildman–Crippen MR) is 260 cm³/mol. The molecule has 13 N–H and O–H groups in total. The fourth-order valence-corrected chi connectivity index (χ4v) is 8.20. The van der Waals surface area contributed by atoms with Gasteiger partial charge in [0.05, 0.1) is 37.6 Å². The molecule has 1 saturated heterocycles. The first-order valence-electron chi connectivity index (χ1n) is 24.2. The zero-order chi connectivity index (χ0) is 54.8. The van der Waals surface area contributed by atoms with Crippen LogP contribution < -0.4 is 21.5 Å². The molecule has 1 aliphatic rings. The minimum Gasteiger partial charge on any atom is -0.481 e. The van der Waals surface area contributed by atoms with E-state index >= 15 is 0 Å². The highest BCUT2D eigenvalue weighted by atomic mass is 16.4. The van der Waals surface area contributed by atoms with Gasteiger partial charge >= 0.3 is 5.97 Å². The van der Waals surface area contributed by atoms with Crippen LogP contribution in [-0.4, -0.2) is 225 Å². The normalized spacial score (nSPS) is 17.4. The number of aryl methyl sites for hydroxylation is 3. The van der Waals surface area contributed by atoms with Crippen LogP contribution in [0, 0.1) is 18.8 Å². The fourth-order valence-electron chi connectivity index (χ4n) is 8.20. The molecule has 0 radical (unpaired) electrons.